The molecule has 0 atom stereocenters. The maximum absolute atomic E-state index is 10.6. The molecule has 1 aromatic rings. The van der Waals surface area contributed by atoms with Crippen LogP contribution < -0.4 is 62.9 Å². The predicted molar refractivity (Wildman–Crippen MR) is 48.1 cm³/mol. The van der Waals surface area contributed by atoms with Gasteiger partial charge in [0.1, 0.15) is 0 Å². The first-order valence-corrected chi connectivity index (χ1v) is 3.41. The number of hydrogen-bond acceptors (Lipinski definition) is 3. The minimum absolute atomic E-state index is 0. The maximum Gasteiger partial charge on any atom is 1.00 e. The number of hydrogen-bond donors (Lipinski definition) is 3. The largest absolute Gasteiger partial charge is 1.00 e. The number of anilines is 2. The first-order valence-electron chi connectivity index (χ1n) is 3.41. The van der Waals surface area contributed by atoms with Gasteiger partial charge in [0.05, 0.1) is 5.56 Å². The number of carboxylic acid groups (broad SMARTS) is 1. The van der Waals surface area contributed by atoms with Gasteiger partial charge < -0.3 is 18.0 Å². The van der Waals surface area contributed by atoms with Crippen molar-refractivity contribution in [2.75, 3.05) is 11.5 Å². The van der Waals surface area contributed by atoms with Crippen LogP contribution in [-0.2, 0) is 0 Å². The van der Waals surface area contributed by atoms with Gasteiger partial charge in [-0.2, -0.15) is 0 Å². The zero-order valence-electron chi connectivity index (χ0n) is 8.66. The van der Waals surface area contributed by atoms with E-state index in [4.69, 9.17) is 16.6 Å². The van der Waals surface area contributed by atoms with Gasteiger partial charge in [0, 0.05) is 11.4 Å². The molecule has 0 saturated heterocycles. The Morgan fingerprint density at radius 3 is 2.46 bits per heavy atom. The smallest absolute Gasteiger partial charge is 1.00 e. The average molecular weight is 206 g/mol. The molecule has 0 radical (unpaired) electrons. The SMILES string of the molecule is Cc1c(N)cc(N)cc1C(=O)O.[H-].[K+]. The van der Waals surface area contributed by atoms with Crippen molar-refractivity contribution in [3.05, 3.63) is 23.3 Å². The minimum Gasteiger partial charge on any atom is -1.00 e. The summed E-state index contributed by atoms with van der Waals surface area (Å²) in [5.74, 6) is -1.01. The standard InChI is InChI=1S/C8H10N2O2.K.H/c1-4-6(8(11)12)2-5(9)3-7(4)10;;/h2-3H,9-10H2,1H3,(H,11,12);;/q;+1;-1. The second-order valence-corrected chi connectivity index (χ2v) is 2.59. The first kappa shape index (κ1) is 12.9. The van der Waals surface area contributed by atoms with Gasteiger partial charge in [-0.15, -0.1) is 0 Å². The summed E-state index contributed by atoms with van der Waals surface area (Å²) in [6, 6.07) is 2.94. The summed E-state index contributed by atoms with van der Waals surface area (Å²) in [5, 5.41) is 8.70. The summed E-state index contributed by atoms with van der Waals surface area (Å²) in [6.07, 6.45) is 0. The number of benzene rings is 1. The molecule has 0 spiro atoms. The van der Waals surface area contributed by atoms with Crippen LogP contribution in [0.3, 0.4) is 0 Å². The average Bonchev–Trinajstić information content (AvgIpc) is 1.96. The van der Waals surface area contributed by atoms with Crippen LogP contribution >= 0.6 is 0 Å². The molecule has 0 amide bonds. The van der Waals surface area contributed by atoms with Crippen LogP contribution in [0.4, 0.5) is 11.4 Å². The molecule has 1 aromatic carbocycles. The van der Waals surface area contributed by atoms with Crippen molar-refractivity contribution in [2.45, 2.75) is 6.92 Å². The summed E-state index contributed by atoms with van der Waals surface area (Å²) in [4.78, 5) is 10.6. The van der Waals surface area contributed by atoms with Crippen molar-refractivity contribution >= 4 is 17.3 Å². The van der Waals surface area contributed by atoms with E-state index < -0.39 is 5.97 Å². The Hall–Kier alpha value is -0.0736. The summed E-state index contributed by atoms with van der Waals surface area (Å²) in [5.41, 5.74) is 12.4. The van der Waals surface area contributed by atoms with Crippen LogP contribution in [0.15, 0.2) is 12.1 Å². The normalized spacial score (nSPS) is 9.00. The van der Waals surface area contributed by atoms with Gasteiger partial charge >= 0.3 is 57.4 Å². The fourth-order valence-corrected chi connectivity index (χ4v) is 0.982. The third-order valence-electron chi connectivity index (χ3n) is 1.70. The molecule has 0 unspecified atom stereocenters. The summed E-state index contributed by atoms with van der Waals surface area (Å²) in [7, 11) is 0. The Kier molecular flexibility index (Phi) is 4.94. The Bertz CT molecular complexity index is 344. The Balaban J connectivity index is 0. The van der Waals surface area contributed by atoms with Crippen molar-refractivity contribution in [1.82, 2.24) is 0 Å². The molecule has 1 rings (SSSR count). The monoisotopic (exact) mass is 206 g/mol. The molecule has 4 nitrogen and oxygen atoms in total. The molecule has 0 bridgehead atoms. The molecule has 66 valence electrons. The number of nitrogen functional groups attached to an aromatic ring is 2. The number of aromatic carboxylic acids is 1. The molecule has 0 fully saturated rings. The molecule has 13 heavy (non-hydrogen) atoms. The van der Waals surface area contributed by atoms with Crippen LogP contribution in [0.5, 0.6) is 0 Å². The van der Waals surface area contributed by atoms with Gasteiger partial charge in [0.15, 0.2) is 0 Å². The quantitative estimate of drug-likeness (QED) is 0.365. The number of carbonyl (C=O) groups is 1. The molecule has 0 heterocycles. The van der Waals surface area contributed by atoms with Crippen molar-refractivity contribution in [3.8, 4) is 0 Å². The van der Waals surface area contributed by atoms with E-state index in [0.717, 1.165) is 0 Å². The first-order chi connectivity index (χ1) is 5.52. The number of rotatable bonds is 1. The van der Waals surface area contributed by atoms with Crippen LogP contribution in [-0.4, -0.2) is 11.1 Å². The topological polar surface area (TPSA) is 89.3 Å². The molecular formula is C8H11KN2O2. The Labute approximate surface area is 120 Å². The van der Waals surface area contributed by atoms with E-state index in [2.05, 4.69) is 0 Å². The number of carboxylic acids is 1. The van der Waals surface area contributed by atoms with Gasteiger partial charge in [0.2, 0.25) is 0 Å². The number of nitrogens with two attached hydrogens (primary N) is 2. The Morgan fingerprint density at radius 1 is 1.46 bits per heavy atom. The van der Waals surface area contributed by atoms with Gasteiger partial charge in [0.25, 0.3) is 0 Å². The van der Waals surface area contributed by atoms with E-state index in [-0.39, 0.29) is 58.4 Å². The van der Waals surface area contributed by atoms with E-state index in [0.29, 0.717) is 16.9 Å². The summed E-state index contributed by atoms with van der Waals surface area (Å²) < 4.78 is 0. The zero-order chi connectivity index (χ0) is 9.30. The van der Waals surface area contributed by atoms with Crippen molar-refractivity contribution in [2.24, 2.45) is 0 Å². The van der Waals surface area contributed by atoms with E-state index in [1.165, 1.54) is 6.07 Å². The van der Waals surface area contributed by atoms with Crippen molar-refractivity contribution in [3.63, 3.8) is 0 Å². The molecule has 5 N–H and O–H groups in total. The van der Waals surface area contributed by atoms with E-state index in [9.17, 15) is 4.79 Å². The second-order valence-electron chi connectivity index (χ2n) is 2.59. The van der Waals surface area contributed by atoms with Gasteiger partial charge in [-0.05, 0) is 24.6 Å². The van der Waals surface area contributed by atoms with E-state index >= 15 is 0 Å². The van der Waals surface area contributed by atoms with Crippen LogP contribution in [0.2, 0.25) is 0 Å². The van der Waals surface area contributed by atoms with Gasteiger partial charge in [-0.25, -0.2) is 4.79 Å². The third-order valence-corrected chi connectivity index (χ3v) is 1.70. The third kappa shape index (κ3) is 2.96. The van der Waals surface area contributed by atoms with Crippen molar-refractivity contribution in [1.29, 1.82) is 0 Å². The second kappa shape index (κ2) is 4.97. The molecule has 0 aromatic heterocycles. The van der Waals surface area contributed by atoms with Crippen LogP contribution in [0.25, 0.3) is 0 Å². The minimum atomic E-state index is -1.01. The van der Waals surface area contributed by atoms with E-state index in [1.54, 1.807) is 13.0 Å². The molecule has 5 heteroatoms. The molecule has 0 aliphatic heterocycles. The molecule has 0 saturated carbocycles. The fraction of sp³-hybridized carbons (Fsp3) is 0.125. The zero-order valence-corrected chi connectivity index (χ0v) is 10.8. The maximum atomic E-state index is 10.6. The van der Waals surface area contributed by atoms with Crippen LogP contribution in [0, 0.1) is 6.92 Å². The van der Waals surface area contributed by atoms with Crippen LogP contribution in [0.1, 0.15) is 17.3 Å². The fourth-order valence-electron chi connectivity index (χ4n) is 0.982. The van der Waals surface area contributed by atoms with Gasteiger partial charge in [-0.3, -0.25) is 0 Å². The predicted octanol–water partition coefficient (Wildman–Crippen LogP) is -2.03. The molecular weight excluding hydrogens is 195 g/mol. The Morgan fingerprint density at radius 2 is 2.00 bits per heavy atom. The van der Waals surface area contributed by atoms with Crippen molar-refractivity contribution < 1.29 is 62.7 Å². The molecule has 0 aliphatic rings. The van der Waals surface area contributed by atoms with Gasteiger partial charge in [-0.1, -0.05) is 0 Å². The summed E-state index contributed by atoms with van der Waals surface area (Å²) in [6.45, 7) is 1.65. The molecule has 0 aliphatic carbocycles. The van der Waals surface area contributed by atoms with E-state index in [1.807, 2.05) is 0 Å². The summed E-state index contributed by atoms with van der Waals surface area (Å²) >= 11 is 0.